The van der Waals surface area contributed by atoms with Gasteiger partial charge in [-0.2, -0.15) is 0 Å². The van der Waals surface area contributed by atoms with Gasteiger partial charge in [0.2, 0.25) is 0 Å². The van der Waals surface area contributed by atoms with Crippen LogP contribution in [0.1, 0.15) is 5.56 Å². The summed E-state index contributed by atoms with van der Waals surface area (Å²) in [4.78, 5) is 7.56. The second-order valence-corrected chi connectivity index (χ2v) is 4.32. The van der Waals surface area contributed by atoms with E-state index in [4.69, 9.17) is 5.73 Å². The molecule has 1 aromatic heterocycles. The molecule has 0 amide bonds. The number of hydrogen-bond donors (Lipinski definition) is 2. The molecular formula is C14H12FN3. The lowest BCUT2D eigenvalue weighted by atomic mass is 10.1. The van der Waals surface area contributed by atoms with E-state index in [0.717, 1.165) is 16.6 Å². The molecule has 1 heterocycles. The summed E-state index contributed by atoms with van der Waals surface area (Å²) in [7, 11) is 0. The highest BCUT2D eigenvalue weighted by Gasteiger charge is 2.08. The van der Waals surface area contributed by atoms with Crippen LogP contribution in [0, 0.1) is 12.7 Å². The molecule has 4 heteroatoms. The highest BCUT2D eigenvalue weighted by molar-refractivity contribution is 5.80. The number of aromatic nitrogens is 2. The summed E-state index contributed by atoms with van der Waals surface area (Å²) in [5.74, 6) is 0.433. The third kappa shape index (κ3) is 1.72. The van der Waals surface area contributed by atoms with Gasteiger partial charge in [0.25, 0.3) is 0 Å². The Morgan fingerprint density at radius 2 is 2.00 bits per heavy atom. The zero-order chi connectivity index (χ0) is 12.7. The minimum atomic E-state index is -0.276. The first-order valence-electron chi connectivity index (χ1n) is 5.65. The summed E-state index contributed by atoms with van der Waals surface area (Å²) >= 11 is 0. The van der Waals surface area contributed by atoms with Gasteiger partial charge in [-0.05, 0) is 42.8 Å². The zero-order valence-corrected chi connectivity index (χ0v) is 9.87. The van der Waals surface area contributed by atoms with E-state index >= 15 is 0 Å². The second kappa shape index (κ2) is 3.84. The van der Waals surface area contributed by atoms with Crippen molar-refractivity contribution in [3.63, 3.8) is 0 Å². The number of nitrogens with two attached hydrogens (primary N) is 1. The number of hydrogen-bond acceptors (Lipinski definition) is 2. The number of benzene rings is 2. The second-order valence-electron chi connectivity index (χ2n) is 4.32. The van der Waals surface area contributed by atoms with E-state index in [1.165, 1.54) is 12.1 Å². The highest BCUT2D eigenvalue weighted by atomic mass is 19.1. The molecule has 3 rings (SSSR count). The Morgan fingerprint density at radius 3 is 2.83 bits per heavy atom. The van der Waals surface area contributed by atoms with Gasteiger partial charge in [0.1, 0.15) is 11.6 Å². The minimum absolute atomic E-state index is 0.276. The lowest BCUT2D eigenvalue weighted by Gasteiger charge is -2.03. The number of nitrogens with zero attached hydrogens (tertiary/aromatic N) is 1. The molecule has 0 unspecified atom stereocenters. The Morgan fingerprint density at radius 1 is 1.17 bits per heavy atom. The quantitative estimate of drug-likeness (QED) is 0.642. The predicted octanol–water partition coefficient (Wildman–Crippen LogP) is 3.26. The summed E-state index contributed by atoms with van der Waals surface area (Å²) in [5, 5.41) is 0. The number of halogens is 1. The topological polar surface area (TPSA) is 54.7 Å². The van der Waals surface area contributed by atoms with Crippen LogP contribution in [0.5, 0.6) is 0 Å². The number of aromatic amines is 1. The van der Waals surface area contributed by atoms with Crippen molar-refractivity contribution in [2.45, 2.75) is 6.92 Å². The fourth-order valence-electron chi connectivity index (χ4n) is 2.00. The van der Waals surface area contributed by atoms with E-state index in [9.17, 15) is 4.39 Å². The summed E-state index contributed by atoms with van der Waals surface area (Å²) in [5.41, 5.74) is 9.90. The van der Waals surface area contributed by atoms with Crippen molar-refractivity contribution in [1.29, 1.82) is 0 Å². The van der Waals surface area contributed by atoms with Crippen LogP contribution < -0.4 is 5.73 Å². The van der Waals surface area contributed by atoms with Crippen LogP contribution in [-0.2, 0) is 0 Å². The summed E-state index contributed by atoms with van der Waals surface area (Å²) in [6.07, 6.45) is 0. The molecule has 0 fully saturated rings. The third-order valence-corrected chi connectivity index (χ3v) is 2.96. The first-order valence-corrected chi connectivity index (χ1v) is 5.65. The van der Waals surface area contributed by atoms with Gasteiger partial charge in [-0.15, -0.1) is 0 Å². The summed E-state index contributed by atoms with van der Waals surface area (Å²) in [6.45, 7) is 1.99. The molecule has 0 radical (unpaired) electrons. The Balaban J connectivity index is 2.22. The Bertz CT molecular complexity index is 731. The van der Waals surface area contributed by atoms with Crippen LogP contribution in [0.3, 0.4) is 0 Å². The van der Waals surface area contributed by atoms with E-state index in [0.29, 0.717) is 17.0 Å². The molecule has 0 bridgehead atoms. The van der Waals surface area contributed by atoms with Gasteiger partial charge >= 0.3 is 0 Å². The van der Waals surface area contributed by atoms with Crippen LogP contribution in [0.25, 0.3) is 22.4 Å². The van der Waals surface area contributed by atoms with E-state index in [-0.39, 0.29) is 5.82 Å². The summed E-state index contributed by atoms with van der Waals surface area (Å²) in [6, 6.07) is 10.2. The fraction of sp³-hybridized carbons (Fsp3) is 0.0714. The molecule has 3 aromatic rings. The smallest absolute Gasteiger partial charge is 0.138 e. The number of fused-ring (bicyclic) bond motifs is 1. The van der Waals surface area contributed by atoms with E-state index in [1.807, 2.05) is 25.1 Å². The number of H-pyrrole nitrogens is 1. The van der Waals surface area contributed by atoms with Crippen molar-refractivity contribution >= 4 is 16.7 Å². The predicted molar refractivity (Wildman–Crippen MR) is 70.6 cm³/mol. The van der Waals surface area contributed by atoms with Gasteiger partial charge < -0.3 is 10.7 Å². The lowest BCUT2D eigenvalue weighted by molar-refractivity contribution is 0.629. The molecule has 0 aliphatic rings. The number of aryl methyl sites for hydroxylation is 1. The first kappa shape index (κ1) is 10.8. The number of anilines is 1. The number of nitrogen functional groups attached to an aromatic ring is 1. The van der Waals surface area contributed by atoms with Gasteiger partial charge in [-0.3, -0.25) is 0 Å². The molecule has 0 spiro atoms. The Hall–Kier alpha value is -2.36. The van der Waals surface area contributed by atoms with E-state index in [2.05, 4.69) is 9.97 Å². The standard InChI is InChI=1S/C14H12FN3/c1-8-2-4-10(16)7-11(8)14-17-12-5-3-9(15)6-13(12)18-14/h2-7H,16H2,1H3,(H,17,18). The molecular weight excluding hydrogens is 229 g/mol. The van der Waals surface area contributed by atoms with Crippen LogP contribution in [0.15, 0.2) is 36.4 Å². The van der Waals surface area contributed by atoms with Crippen molar-refractivity contribution in [3.05, 3.63) is 47.8 Å². The maximum absolute atomic E-state index is 13.1. The molecule has 0 atom stereocenters. The third-order valence-electron chi connectivity index (χ3n) is 2.96. The monoisotopic (exact) mass is 241 g/mol. The Kier molecular flexibility index (Phi) is 2.30. The van der Waals surface area contributed by atoms with Gasteiger partial charge in [0, 0.05) is 11.3 Å². The molecule has 90 valence electrons. The number of imidazole rings is 1. The van der Waals surface area contributed by atoms with Crippen molar-refractivity contribution in [1.82, 2.24) is 9.97 Å². The maximum Gasteiger partial charge on any atom is 0.138 e. The van der Waals surface area contributed by atoms with Gasteiger partial charge in [0.05, 0.1) is 11.0 Å². The van der Waals surface area contributed by atoms with Gasteiger partial charge in [-0.25, -0.2) is 9.37 Å². The SMILES string of the molecule is Cc1ccc(N)cc1-c1nc2ccc(F)cc2[nH]1. The normalized spacial score (nSPS) is 11.0. The van der Waals surface area contributed by atoms with Crippen LogP contribution in [0.4, 0.5) is 10.1 Å². The van der Waals surface area contributed by atoms with Crippen molar-refractivity contribution in [3.8, 4) is 11.4 Å². The van der Waals surface area contributed by atoms with E-state index in [1.54, 1.807) is 6.07 Å². The van der Waals surface area contributed by atoms with Crippen LogP contribution in [-0.4, -0.2) is 9.97 Å². The van der Waals surface area contributed by atoms with Gasteiger partial charge in [-0.1, -0.05) is 6.07 Å². The summed E-state index contributed by atoms with van der Waals surface area (Å²) < 4.78 is 13.1. The number of nitrogens with one attached hydrogen (secondary N) is 1. The van der Waals surface area contributed by atoms with Crippen molar-refractivity contribution < 1.29 is 4.39 Å². The first-order chi connectivity index (χ1) is 8.63. The molecule has 0 aliphatic heterocycles. The van der Waals surface area contributed by atoms with Crippen molar-refractivity contribution in [2.75, 3.05) is 5.73 Å². The maximum atomic E-state index is 13.1. The minimum Gasteiger partial charge on any atom is -0.399 e. The number of rotatable bonds is 1. The zero-order valence-electron chi connectivity index (χ0n) is 9.87. The molecule has 2 aromatic carbocycles. The average molecular weight is 241 g/mol. The van der Waals surface area contributed by atoms with Gasteiger partial charge in [0.15, 0.2) is 0 Å². The van der Waals surface area contributed by atoms with E-state index < -0.39 is 0 Å². The van der Waals surface area contributed by atoms with Crippen LogP contribution >= 0.6 is 0 Å². The average Bonchev–Trinajstić information content (AvgIpc) is 2.74. The van der Waals surface area contributed by atoms with Crippen LogP contribution in [0.2, 0.25) is 0 Å². The lowest BCUT2D eigenvalue weighted by Crippen LogP contribution is -1.90. The largest absolute Gasteiger partial charge is 0.399 e. The molecule has 0 saturated heterocycles. The molecule has 3 N–H and O–H groups in total. The molecule has 18 heavy (non-hydrogen) atoms. The highest BCUT2D eigenvalue weighted by Crippen LogP contribution is 2.25. The molecule has 0 aliphatic carbocycles. The fourth-order valence-corrected chi connectivity index (χ4v) is 2.00. The molecule has 3 nitrogen and oxygen atoms in total. The molecule has 0 saturated carbocycles. The van der Waals surface area contributed by atoms with Crippen molar-refractivity contribution in [2.24, 2.45) is 0 Å². The Labute approximate surface area is 103 Å².